The van der Waals surface area contributed by atoms with Gasteiger partial charge in [0.15, 0.2) is 5.69 Å². The number of hydrogen-bond donors (Lipinski definition) is 1. The summed E-state index contributed by atoms with van der Waals surface area (Å²) in [6, 6.07) is 0. The third kappa shape index (κ3) is 2.17. The van der Waals surface area contributed by atoms with Crippen LogP contribution in [0.2, 0.25) is 0 Å². The molecule has 2 rings (SSSR count). The van der Waals surface area contributed by atoms with Crippen molar-refractivity contribution in [2.24, 2.45) is 0 Å². The molecule has 1 heterocycles. The van der Waals surface area contributed by atoms with E-state index in [0.717, 1.165) is 12.8 Å². The molecule has 80 valence electrons. The van der Waals surface area contributed by atoms with Crippen molar-refractivity contribution >= 4 is 21.9 Å². The van der Waals surface area contributed by atoms with Gasteiger partial charge in [-0.25, -0.2) is 14.8 Å². The van der Waals surface area contributed by atoms with E-state index in [2.05, 4.69) is 25.9 Å². The highest BCUT2D eigenvalue weighted by Crippen LogP contribution is 2.32. The lowest BCUT2D eigenvalue weighted by molar-refractivity contribution is 0.0688. The summed E-state index contributed by atoms with van der Waals surface area (Å²) < 4.78 is 0.441. The minimum absolute atomic E-state index is 0.0619. The van der Waals surface area contributed by atoms with E-state index < -0.39 is 5.97 Å². The van der Waals surface area contributed by atoms with E-state index in [4.69, 9.17) is 5.11 Å². The molecule has 0 aliphatic heterocycles. The first-order chi connectivity index (χ1) is 7.18. The molecule has 0 radical (unpaired) electrons. The Morgan fingerprint density at radius 1 is 1.47 bits per heavy atom. The number of nitrogens with zero attached hydrogens (tertiary/aromatic N) is 2. The first-order valence-corrected chi connectivity index (χ1v) is 5.73. The van der Waals surface area contributed by atoms with Gasteiger partial charge >= 0.3 is 5.97 Å². The third-order valence-corrected chi connectivity index (χ3v) is 3.27. The molecule has 4 nitrogen and oxygen atoms in total. The van der Waals surface area contributed by atoms with E-state index >= 15 is 0 Å². The van der Waals surface area contributed by atoms with Crippen molar-refractivity contribution in [1.29, 1.82) is 0 Å². The van der Waals surface area contributed by atoms with Crippen LogP contribution in [-0.4, -0.2) is 21.0 Å². The van der Waals surface area contributed by atoms with E-state index in [0.29, 0.717) is 16.2 Å². The average Bonchev–Trinajstić information content (AvgIpc) is 2.71. The predicted octanol–water partition coefficient (Wildman–Crippen LogP) is 2.59. The molecule has 0 spiro atoms. The van der Waals surface area contributed by atoms with Crippen molar-refractivity contribution in [2.45, 2.75) is 31.6 Å². The standard InChI is InChI=1S/C10H11BrN2O2/c11-7-5-12-9(6-3-1-2-4-6)13-8(7)10(14)15/h5-6H,1-4H2,(H,14,15). The molecule has 5 heteroatoms. The van der Waals surface area contributed by atoms with Gasteiger partial charge in [-0.1, -0.05) is 12.8 Å². The summed E-state index contributed by atoms with van der Waals surface area (Å²) >= 11 is 3.13. The normalized spacial score (nSPS) is 16.9. The molecule has 0 saturated heterocycles. The second-order valence-electron chi connectivity index (χ2n) is 3.71. The lowest BCUT2D eigenvalue weighted by Gasteiger charge is -2.08. The van der Waals surface area contributed by atoms with E-state index in [9.17, 15) is 4.79 Å². The summed E-state index contributed by atoms with van der Waals surface area (Å²) in [5, 5.41) is 8.91. The summed E-state index contributed by atoms with van der Waals surface area (Å²) in [5.74, 6) is 0.00724. The number of halogens is 1. The van der Waals surface area contributed by atoms with Crippen LogP contribution in [0.15, 0.2) is 10.7 Å². The second-order valence-corrected chi connectivity index (χ2v) is 4.57. The zero-order valence-electron chi connectivity index (χ0n) is 8.11. The fourth-order valence-corrected chi connectivity index (χ4v) is 2.27. The van der Waals surface area contributed by atoms with Gasteiger partial charge in [-0.05, 0) is 28.8 Å². The maximum Gasteiger partial charge on any atom is 0.355 e. The Labute approximate surface area is 95.9 Å². The van der Waals surface area contributed by atoms with Crippen LogP contribution >= 0.6 is 15.9 Å². The summed E-state index contributed by atoms with van der Waals surface area (Å²) in [4.78, 5) is 19.1. The SMILES string of the molecule is O=C(O)c1nc(C2CCCC2)ncc1Br. The lowest BCUT2D eigenvalue weighted by Crippen LogP contribution is -2.08. The fraction of sp³-hybridized carbons (Fsp3) is 0.500. The van der Waals surface area contributed by atoms with Gasteiger partial charge in [0.25, 0.3) is 0 Å². The summed E-state index contributed by atoms with van der Waals surface area (Å²) in [6.07, 6.45) is 6.05. The fourth-order valence-electron chi connectivity index (χ4n) is 1.91. The Morgan fingerprint density at radius 3 is 2.73 bits per heavy atom. The smallest absolute Gasteiger partial charge is 0.355 e. The Hall–Kier alpha value is -0.970. The van der Waals surface area contributed by atoms with Gasteiger partial charge in [0.1, 0.15) is 5.82 Å². The largest absolute Gasteiger partial charge is 0.476 e. The van der Waals surface area contributed by atoms with E-state index in [-0.39, 0.29) is 5.69 Å². The van der Waals surface area contributed by atoms with Crippen molar-refractivity contribution < 1.29 is 9.90 Å². The molecule has 1 aromatic rings. The molecule has 0 amide bonds. The molecule has 1 aliphatic rings. The van der Waals surface area contributed by atoms with E-state index in [1.807, 2.05) is 0 Å². The van der Waals surface area contributed by atoms with Crippen LogP contribution in [0.3, 0.4) is 0 Å². The Balaban J connectivity index is 2.33. The summed E-state index contributed by atoms with van der Waals surface area (Å²) in [5.41, 5.74) is 0.0619. The van der Waals surface area contributed by atoms with Gasteiger partial charge in [0, 0.05) is 12.1 Å². The monoisotopic (exact) mass is 270 g/mol. The number of aromatic nitrogens is 2. The van der Waals surface area contributed by atoms with Crippen LogP contribution in [0.1, 0.15) is 47.9 Å². The summed E-state index contributed by atoms with van der Waals surface area (Å²) in [7, 11) is 0. The van der Waals surface area contributed by atoms with Crippen molar-refractivity contribution in [3.05, 3.63) is 22.2 Å². The number of rotatable bonds is 2. The number of aromatic carboxylic acids is 1. The van der Waals surface area contributed by atoms with Gasteiger partial charge < -0.3 is 5.11 Å². The van der Waals surface area contributed by atoms with Gasteiger partial charge in [-0.15, -0.1) is 0 Å². The van der Waals surface area contributed by atoms with Crippen LogP contribution in [0.5, 0.6) is 0 Å². The maximum atomic E-state index is 10.9. The highest BCUT2D eigenvalue weighted by atomic mass is 79.9. The van der Waals surface area contributed by atoms with E-state index in [1.54, 1.807) is 0 Å². The second kappa shape index (κ2) is 4.26. The number of carbonyl (C=O) groups is 1. The molecule has 0 atom stereocenters. The van der Waals surface area contributed by atoms with Crippen LogP contribution in [0.25, 0.3) is 0 Å². The molecular weight excluding hydrogens is 260 g/mol. The van der Waals surface area contributed by atoms with Gasteiger partial charge in [-0.2, -0.15) is 0 Å². The third-order valence-electron chi connectivity index (χ3n) is 2.69. The van der Waals surface area contributed by atoms with Gasteiger partial charge in [0.05, 0.1) is 4.47 Å². The Bertz CT molecular complexity index is 389. The molecule has 1 saturated carbocycles. The maximum absolute atomic E-state index is 10.9. The lowest BCUT2D eigenvalue weighted by atomic mass is 10.1. The van der Waals surface area contributed by atoms with Crippen molar-refractivity contribution in [3.8, 4) is 0 Å². The minimum atomic E-state index is -1.01. The first kappa shape index (κ1) is 10.5. The molecule has 1 aliphatic carbocycles. The summed E-state index contributed by atoms with van der Waals surface area (Å²) in [6.45, 7) is 0. The zero-order chi connectivity index (χ0) is 10.8. The molecule has 0 aromatic carbocycles. The van der Waals surface area contributed by atoms with Crippen molar-refractivity contribution in [2.75, 3.05) is 0 Å². The first-order valence-electron chi connectivity index (χ1n) is 4.94. The van der Waals surface area contributed by atoms with Crippen molar-refractivity contribution in [1.82, 2.24) is 9.97 Å². The number of hydrogen-bond acceptors (Lipinski definition) is 3. The van der Waals surface area contributed by atoms with Gasteiger partial charge in [0.2, 0.25) is 0 Å². The molecule has 0 bridgehead atoms. The quantitative estimate of drug-likeness (QED) is 0.897. The molecule has 0 unspecified atom stereocenters. The average molecular weight is 271 g/mol. The highest BCUT2D eigenvalue weighted by molar-refractivity contribution is 9.10. The van der Waals surface area contributed by atoms with Gasteiger partial charge in [-0.3, -0.25) is 0 Å². The van der Waals surface area contributed by atoms with Crippen molar-refractivity contribution in [3.63, 3.8) is 0 Å². The van der Waals surface area contributed by atoms with Crippen LogP contribution < -0.4 is 0 Å². The number of carboxylic acid groups (broad SMARTS) is 1. The topological polar surface area (TPSA) is 63.1 Å². The van der Waals surface area contributed by atoms with Crippen LogP contribution in [0, 0.1) is 0 Å². The molecule has 15 heavy (non-hydrogen) atoms. The van der Waals surface area contributed by atoms with Crippen LogP contribution in [0.4, 0.5) is 0 Å². The molecule has 1 fully saturated rings. The Morgan fingerprint density at radius 2 is 2.13 bits per heavy atom. The predicted molar refractivity (Wildman–Crippen MR) is 57.9 cm³/mol. The highest BCUT2D eigenvalue weighted by Gasteiger charge is 2.22. The van der Waals surface area contributed by atoms with Crippen LogP contribution in [-0.2, 0) is 0 Å². The number of carboxylic acids is 1. The minimum Gasteiger partial charge on any atom is -0.476 e. The van der Waals surface area contributed by atoms with E-state index in [1.165, 1.54) is 19.0 Å². The molecule has 1 N–H and O–H groups in total. The zero-order valence-corrected chi connectivity index (χ0v) is 9.70. The Kier molecular flexibility index (Phi) is 3.00. The molecular formula is C10H11BrN2O2. The molecule has 1 aromatic heterocycles.